The van der Waals surface area contributed by atoms with Gasteiger partial charge in [0.1, 0.15) is 11.9 Å². The number of carboxylic acid groups (broad SMARTS) is 1. The van der Waals surface area contributed by atoms with Crippen molar-refractivity contribution in [1.29, 1.82) is 0 Å². The number of rotatable bonds is 3. The Morgan fingerprint density at radius 3 is 2.53 bits per heavy atom. The van der Waals surface area contributed by atoms with E-state index in [1.54, 1.807) is 24.3 Å². The van der Waals surface area contributed by atoms with E-state index in [9.17, 15) is 9.59 Å². The third-order valence-corrected chi connectivity index (χ3v) is 2.99. The van der Waals surface area contributed by atoms with Crippen molar-refractivity contribution in [3.8, 4) is 5.75 Å². The molecule has 19 heavy (non-hydrogen) atoms. The van der Waals surface area contributed by atoms with Gasteiger partial charge in [-0.25, -0.2) is 9.59 Å². The molecule has 0 saturated carbocycles. The van der Waals surface area contributed by atoms with E-state index in [4.69, 9.17) is 9.84 Å². The van der Waals surface area contributed by atoms with Crippen LogP contribution < -0.4 is 4.74 Å². The molecular weight excluding hydrogens is 250 g/mol. The normalized spacial score (nSPS) is 18.2. The summed E-state index contributed by atoms with van der Waals surface area (Å²) < 4.78 is 10.3. The molecule has 1 unspecified atom stereocenters. The first-order valence-electron chi connectivity index (χ1n) is 5.93. The van der Waals surface area contributed by atoms with Crippen molar-refractivity contribution in [3.63, 3.8) is 0 Å². The number of benzene rings is 1. The lowest BCUT2D eigenvalue weighted by molar-refractivity contribution is 0.0600. The molecule has 6 nitrogen and oxygen atoms in total. The minimum atomic E-state index is -0.924. The molecule has 1 aromatic rings. The van der Waals surface area contributed by atoms with Crippen LogP contribution in [0.25, 0.3) is 0 Å². The van der Waals surface area contributed by atoms with Crippen LogP contribution in [0.15, 0.2) is 24.3 Å². The van der Waals surface area contributed by atoms with Gasteiger partial charge in [-0.05, 0) is 24.3 Å². The first-order chi connectivity index (χ1) is 9.10. The zero-order chi connectivity index (χ0) is 13.8. The second-order valence-electron chi connectivity index (χ2n) is 4.27. The smallest absolute Gasteiger partial charge is 0.407 e. The van der Waals surface area contributed by atoms with Gasteiger partial charge in [0.15, 0.2) is 0 Å². The zero-order valence-electron chi connectivity index (χ0n) is 10.5. The number of amides is 1. The number of likely N-dealkylation sites (tertiary alicyclic amines) is 1. The zero-order valence-corrected chi connectivity index (χ0v) is 10.5. The third kappa shape index (κ3) is 3.15. The number of carbonyl (C=O) groups excluding carboxylic acids is 1. The fourth-order valence-electron chi connectivity index (χ4n) is 1.98. The van der Waals surface area contributed by atoms with Crippen LogP contribution >= 0.6 is 0 Å². The Kier molecular flexibility index (Phi) is 3.89. The molecule has 0 aliphatic carbocycles. The van der Waals surface area contributed by atoms with Crippen molar-refractivity contribution in [2.75, 3.05) is 20.2 Å². The number of methoxy groups -OCH3 is 1. The molecule has 0 bridgehead atoms. The molecule has 0 radical (unpaired) electrons. The fourth-order valence-corrected chi connectivity index (χ4v) is 1.98. The molecule has 6 heteroatoms. The summed E-state index contributed by atoms with van der Waals surface area (Å²) in [5.41, 5.74) is 0.452. The number of ether oxygens (including phenoxy) is 2. The van der Waals surface area contributed by atoms with Gasteiger partial charge in [0, 0.05) is 13.0 Å². The molecule has 1 atom stereocenters. The largest absolute Gasteiger partial charge is 0.489 e. The average Bonchev–Trinajstić information content (AvgIpc) is 2.87. The summed E-state index contributed by atoms with van der Waals surface area (Å²) >= 11 is 0. The molecule has 1 aliphatic rings. The second-order valence-corrected chi connectivity index (χ2v) is 4.27. The first kappa shape index (κ1) is 13.2. The molecule has 102 valence electrons. The van der Waals surface area contributed by atoms with Crippen LogP contribution in [-0.4, -0.2) is 48.4 Å². The molecule has 1 saturated heterocycles. The van der Waals surface area contributed by atoms with Gasteiger partial charge >= 0.3 is 12.1 Å². The summed E-state index contributed by atoms with van der Waals surface area (Å²) in [6, 6.07) is 6.58. The standard InChI is InChI=1S/C13H15NO5/c1-18-12(15)9-2-4-10(5-3-9)19-11-6-7-14(8-11)13(16)17/h2-5,11H,6-8H2,1H3,(H,16,17). The van der Waals surface area contributed by atoms with E-state index < -0.39 is 12.1 Å². The minimum absolute atomic E-state index is 0.139. The van der Waals surface area contributed by atoms with Crippen LogP contribution in [0, 0.1) is 0 Å². The lowest BCUT2D eigenvalue weighted by Gasteiger charge is -2.14. The summed E-state index contributed by atoms with van der Waals surface area (Å²) in [7, 11) is 1.33. The molecule has 1 aliphatic heterocycles. The van der Waals surface area contributed by atoms with E-state index in [1.807, 2.05) is 0 Å². The van der Waals surface area contributed by atoms with Gasteiger partial charge in [-0.2, -0.15) is 0 Å². The van der Waals surface area contributed by atoms with Gasteiger partial charge in [-0.1, -0.05) is 0 Å². The third-order valence-electron chi connectivity index (χ3n) is 2.99. The average molecular weight is 265 g/mol. The number of nitrogens with zero attached hydrogens (tertiary/aromatic N) is 1. The van der Waals surface area contributed by atoms with Crippen LogP contribution in [0.4, 0.5) is 4.79 Å². The molecule has 0 aromatic heterocycles. The fraction of sp³-hybridized carbons (Fsp3) is 0.385. The Morgan fingerprint density at radius 2 is 2.00 bits per heavy atom. The quantitative estimate of drug-likeness (QED) is 0.840. The highest BCUT2D eigenvalue weighted by atomic mass is 16.5. The molecular formula is C13H15NO5. The predicted molar refractivity (Wildman–Crippen MR) is 66.4 cm³/mol. The summed E-state index contributed by atoms with van der Waals surface area (Å²) in [4.78, 5) is 23.4. The van der Waals surface area contributed by atoms with Gasteiger partial charge in [0.25, 0.3) is 0 Å². The van der Waals surface area contributed by atoms with Gasteiger partial charge in [0.05, 0.1) is 19.2 Å². The maximum atomic E-state index is 11.3. The Labute approximate surface area is 110 Å². The van der Waals surface area contributed by atoms with Crippen molar-refractivity contribution in [1.82, 2.24) is 4.90 Å². The number of hydrogen-bond acceptors (Lipinski definition) is 4. The van der Waals surface area contributed by atoms with Crippen LogP contribution in [0.3, 0.4) is 0 Å². The van der Waals surface area contributed by atoms with Crippen LogP contribution in [0.2, 0.25) is 0 Å². The lowest BCUT2D eigenvalue weighted by atomic mass is 10.2. The summed E-state index contributed by atoms with van der Waals surface area (Å²) in [5, 5.41) is 8.84. The number of hydrogen-bond donors (Lipinski definition) is 1. The van der Waals surface area contributed by atoms with Gasteiger partial charge in [-0.3, -0.25) is 0 Å². The van der Waals surface area contributed by atoms with Crippen LogP contribution in [0.5, 0.6) is 5.75 Å². The monoisotopic (exact) mass is 265 g/mol. The van der Waals surface area contributed by atoms with Gasteiger partial charge in [-0.15, -0.1) is 0 Å². The highest BCUT2D eigenvalue weighted by Crippen LogP contribution is 2.19. The highest BCUT2D eigenvalue weighted by molar-refractivity contribution is 5.89. The highest BCUT2D eigenvalue weighted by Gasteiger charge is 2.27. The summed E-state index contributed by atoms with van der Waals surface area (Å²) in [6.07, 6.45) is -0.391. The van der Waals surface area contributed by atoms with E-state index in [-0.39, 0.29) is 6.10 Å². The lowest BCUT2D eigenvalue weighted by Crippen LogP contribution is -2.29. The van der Waals surface area contributed by atoms with E-state index in [0.29, 0.717) is 30.8 Å². The van der Waals surface area contributed by atoms with Crippen molar-refractivity contribution >= 4 is 12.1 Å². The molecule has 1 amide bonds. The van der Waals surface area contributed by atoms with Gasteiger partial charge in [0.2, 0.25) is 0 Å². The number of esters is 1. The Morgan fingerprint density at radius 1 is 1.32 bits per heavy atom. The number of carbonyl (C=O) groups is 2. The Hall–Kier alpha value is -2.24. The Balaban J connectivity index is 1.93. The van der Waals surface area contributed by atoms with Crippen LogP contribution in [0.1, 0.15) is 16.8 Å². The maximum absolute atomic E-state index is 11.3. The van der Waals surface area contributed by atoms with Crippen molar-refractivity contribution in [2.45, 2.75) is 12.5 Å². The van der Waals surface area contributed by atoms with Crippen molar-refractivity contribution < 1.29 is 24.2 Å². The SMILES string of the molecule is COC(=O)c1ccc(OC2CCN(C(=O)O)C2)cc1. The first-order valence-corrected chi connectivity index (χ1v) is 5.93. The minimum Gasteiger partial charge on any atom is -0.489 e. The molecule has 1 N–H and O–H groups in total. The topological polar surface area (TPSA) is 76.1 Å². The molecule has 0 spiro atoms. The van der Waals surface area contributed by atoms with E-state index in [1.165, 1.54) is 12.0 Å². The predicted octanol–water partition coefficient (Wildman–Crippen LogP) is 1.60. The molecule has 1 fully saturated rings. The Bertz CT molecular complexity index is 470. The van der Waals surface area contributed by atoms with Gasteiger partial charge < -0.3 is 19.5 Å². The van der Waals surface area contributed by atoms with E-state index in [0.717, 1.165) is 0 Å². The molecule has 1 heterocycles. The van der Waals surface area contributed by atoms with Crippen LogP contribution in [-0.2, 0) is 4.74 Å². The summed E-state index contributed by atoms with van der Waals surface area (Å²) in [5.74, 6) is 0.217. The second kappa shape index (κ2) is 5.60. The summed E-state index contributed by atoms with van der Waals surface area (Å²) in [6.45, 7) is 0.855. The molecule has 2 rings (SSSR count). The van der Waals surface area contributed by atoms with Crippen molar-refractivity contribution in [3.05, 3.63) is 29.8 Å². The molecule has 1 aromatic carbocycles. The van der Waals surface area contributed by atoms with Crippen molar-refractivity contribution in [2.24, 2.45) is 0 Å². The maximum Gasteiger partial charge on any atom is 0.407 e. The van der Waals surface area contributed by atoms with E-state index >= 15 is 0 Å². The van der Waals surface area contributed by atoms with E-state index in [2.05, 4.69) is 4.74 Å².